The van der Waals surface area contributed by atoms with E-state index in [1.807, 2.05) is 0 Å². The number of rotatable bonds is 6. The molecule has 1 aromatic carbocycles. The quantitative estimate of drug-likeness (QED) is 0.335. The molecule has 0 aliphatic rings. The van der Waals surface area contributed by atoms with Crippen molar-refractivity contribution in [2.24, 2.45) is 11.6 Å². The molecule has 5 N–H and O–H groups in total. The predicted octanol–water partition coefficient (Wildman–Crippen LogP) is 1.27. The number of benzene rings is 1. The van der Waals surface area contributed by atoms with Gasteiger partial charge in [0.1, 0.15) is 12.1 Å². The number of hydrazine groups is 1. The number of aromatic nitrogens is 3. The van der Waals surface area contributed by atoms with Crippen LogP contribution in [0.2, 0.25) is 0 Å². The molecule has 1 amide bonds. The monoisotopic (exact) mass is 369 g/mol. The van der Waals surface area contributed by atoms with E-state index in [9.17, 15) is 14.0 Å². The Bertz CT molecular complexity index is 1030. The van der Waals surface area contributed by atoms with Crippen LogP contribution >= 0.6 is 0 Å². The first-order chi connectivity index (χ1) is 12.9. The Morgan fingerprint density at radius 3 is 2.78 bits per heavy atom. The van der Waals surface area contributed by atoms with Crippen molar-refractivity contribution in [1.29, 1.82) is 0 Å². The van der Waals surface area contributed by atoms with Gasteiger partial charge in [-0.1, -0.05) is 0 Å². The normalized spacial score (nSPS) is 11.8. The molecule has 27 heavy (non-hydrogen) atoms. The fourth-order valence-electron chi connectivity index (χ4n) is 2.35. The highest BCUT2D eigenvalue weighted by molar-refractivity contribution is 5.96. The third-order valence-corrected chi connectivity index (χ3v) is 3.80. The van der Waals surface area contributed by atoms with Gasteiger partial charge >= 0.3 is 0 Å². The summed E-state index contributed by atoms with van der Waals surface area (Å²) >= 11 is 0. The molecule has 0 radical (unpaired) electrons. The first-order valence-corrected chi connectivity index (χ1v) is 7.87. The number of primary amides is 1. The molecule has 0 bridgehead atoms. The van der Waals surface area contributed by atoms with Crippen molar-refractivity contribution < 1.29 is 14.0 Å². The second-order valence-electron chi connectivity index (χ2n) is 5.76. The van der Waals surface area contributed by atoms with Crippen LogP contribution in [0.25, 0.3) is 10.9 Å². The van der Waals surface area contributed by atoms with Crippen LogP contribution in [0.3, 0.4) is 0 Å². The Kier molecular flexibility index (Phi) is 4.90. The van der Waals surface area contributed by atoms with Crippen molar-refractivity contribution in [3.63, 3.8) is 0 Å². The van der Waals surface area contributed by atoms with Crippen LogP contribution < -0.4 is 21.9 Å². The molecule has 0 spiro atoms. The summed E-state index contributed by atoms with van der Waals surface area (Å²) in [6, 6.07) is 5.18. The topological polar surface area (TPSA) is 140 Å². The Morgan fingerprint density at radius 1 is 1.30 bits per heavy atom. The fourth-order valence-corrected chi connectivity index (χ4v) is 2.35. The summed E-state index contributed by atoms with van der Waals surface area (Å²) in [5.41, 5.74) is 6.26. The second kappa shape index (κ2) is 7.30. The molecule has 0 saturated heterocycles. The highest BCUT2D eigenvalue weighted by Crippen LogP contribution is 2.23. The van der Waals surface area contributed by atoms with E-state index in [0.29, 0.717) is 22.9 Å². The molecule has 0 saturated carbocycles. The molecule has 0 unspecified atom stereocenters. The number of hydrogen-bond donors (Lipinski definition) is 3. The van der Waals surface area contributed by atoms with Crippen LogP contribution in [0.4, 0.5) is 21.7 Å². The number of hydrogen-bond acceptors (Lipinski definition) is 8. The number of aldehydes is 1. The number of carbonyl (C=O) groups is 2. The molecule has 2 heterocycles. The van der Waals surface area contributed by atoms with Crippen LogP contribution in [0, 0.1) is 5.82 Å². The molecule has 138 valence electrons. The number of nitrogens with zero attached hydrogens (tertiary/aromatic N) is 4. The Balaban J connectivity index is 2.01. The van der Waals surface area contributed by atoms with Crippen molar-refractivity contribution in [2.75, 3.05) is 10.3 Å². The van der Waals surface area contributed by atoms with Gasteiger partial charge in [-0.25, -0.2) is 20.2 Å². The van der Waals surface area contributed by atoms with Crippen LogP contribution in [0.15, 0.2) is 36.7 Å². The molecule has 0 aliphatic heterocycles. The smallest absolute Gasteiger partial charge is 0.271 e. The number of nitrogens with two attached hydrogens (primary N) is 2. The summed E-state index contributed by atoms with van der Waals surface area (Å²) in [7, 11) is 0. The Labute approximate surface area is 153 Å². The number of halogens is 1. The minimum absolute atomic E-state index is 0.0334. The van der Waals surface area contributed by atoms with Gasteiger partial charge in [0.05, 0.1) is 29.6 Å². The number of fused-ring (bicyclic) bond motifs is 1. The van der Waals surface area contributed by atoms with Gasteiger partial charge in [-0.15, -0.1) is 0 Å². The van der Waals surface area contributed by atoms with Crippen LogP contribution in [0.1, 0.15) is 17.4 Å². The standard InChI is InChI=1S/C17H16FN7O2/c1-9(8-26)25(20)14-7-22-15(16(19)27)17(24-14)23-12-5-10-4-11(18)2-3-13(10)21-6-12/h2-9H,20H2,1H3,(H2,19,27)(H,23,24)/t9-/m1/s1. The number of anilines is 3. The van der Waals surface area contributed by atoms with Crippen molar-refractivity contribution in [1.82, 2.24) is 15.0 Å². The van der Waals surface area contributed by atoms with E-state index < -0.39 is 17.8 Å². The summed E-state index contributed by atoms with van der Waals surface area (Å²) in [5, 5.41) is 4.54. The van der Waals surface area contributed by atoms with Crippen molar-refractivity contribution >= 4 is 40.4 Å². The minimum Gasteiger partial charge on any atom is -0.364 e. The lowest BCUT2D eigenvalue weighted by Crippen LogP contribution is -2.41. The van der Waals surface area contributed by atoms with Crippen LogP contribution in [0.5, 0.6) is 0 Å². The van der Waals surface area contributed by atoms with Gasteiger partial charge in [0.2, 0.25) is 0 Å². The van der Waals surface area contributed by atoms with Gasteiger partial charge in [-0.3, -0.25) is 14.8 Å². The minimum atomic E-state index is -0.802. The zero-order valence-electron chi connectivity index (χ0n) is 14.3. The zero-order valence-corrected chi connectivity index (χ0v) is 14.3. The maximum Gasteiger partial charge on any atom is 0.271 e. The third kappa shape index (κ3) is 3.80. The molecule has 2 aromatic heterocycles. The SMILES string of the molecule is C[C@H](C=O)N(N)c1cnc(C(N)=O)c(Nc2cnc3ccc(F)cc3c2)n1. The Morgan fingerprint density at radius 2 is 2.07 bits per heavy atom. The third-order valence-electron chi connectivity index (χ3n) is 3.80. The molecule has 0 aliphatic carbocycles. The lowest BCUT2D eigenvalue weighted by molar-refractivity contribution is -0.108. The summed E-state index contributed by atoms with van der Waals surface area (Å²) in [5.74, 6) is 4.82. The van der Waals surface area contributed by atoms with Gasteiger partial charge in [0.15, 0.2) is 17.3 Å². The van der Waals surface area contributed by atoms with E-state index in [1.165, 1.54) is 24.5 Å². The number of nitrogens with one attached hydrogen (secondary N) is 1. The first kappa shape index (κ1) is 18.1. The number of pyridine rings is 1. The highest BCUT2D eigenvalue weighted by Gasteiger charge is 2.18. The predicted molar refractivity (Wildman–Crippen MR) is 97.7 cm³/mol. The van der Waals surface area contributed by atoms with Gasteiger partial charge in [0.25, 0.3) is 5.91 Å². The van der Waals surface area contributed by atoms with Crippen LogP contribution in [-0.2, 0) is 4.79 Å². The van der Waals surface area contributed by atoms with Crippen molar-refractivity contribution in [3.8, 4) is 0 Å². The van der Waals surface area contributed by atoms with E-state index in [0.717, 1.165) is 5.01 Å². The fraction of sp³-hybridized carbons (Fsp3) is 0.118. The number of carbonyl (C=O) groups excluding carboxylic acids is 2. The highest BCUT2D eigenvalue weighted by atomic mass is 19.1. The van der Waals surface area contributed by atoms with Crippen molar-refractivity contribution in [2.45, 2.75) is 13.0 Å². The van der Waals surface area contributed by atoms with Crippen LogP contribution in [-0.4, -0.2) is 33.2 Å². The van der Waals surface area contributed by atoms with E-state index in [2.05, 4.69) is 20.3 Å². The molecular weight excluding hydrogens is 353 g/mol. The van der Waals surface area contributed by atoms with Crippen molar-refractivity contribution in [3.05, 3.63) is 48.2 Å². The lowest BCUT2D eigenvalue weighted by Gasteiger charge is -2.21. The molecule has 0 fully saturated rings. The first-order valence-electron chi connectivity index (χ1n) is 7.87. The molecule has 3 rings (SSSR count). The lowest BCUT2D eigenvalue weighted by atomic mass is 10.2. The van der Waals surface area contributed by atoms with E-state index in [-0.39, 0.29) is 17.3 Å². The average molecular weight is 369 g/mol. The molecule has 9 nitrogen and oxygen atoms in total. The Hall–Kier alpha value is -3.66. The van der Waals surface area contributed by atoms with Gasteiger partial charge in [0, 0.05) is 5.39 Å². The maximum absolute atomic E-state index is 13.4. The second-order valence-corrected chi connectivity index (χ2v) is 5.76. The van der Waals surface area contributed by atoms with Gasteiger partial charge < -0.3 is 15.8 Å². The zero-order chi connectivity index (χ0) is 19.6. The summed E-state index contributed by atoms with van der Waals surface area (Å²) < 4.78 is 13.4. The summed E-state index contributed by atoms with van der Waals surface area (Å²) in [4.78, 5) is 35.0. The largest absolute Gasteiger partial charge is 0.364 e. The average Bonchev–Trinajstić information content (AvgIpc) is 2.66. The number of amides is 1. The maximum atomic E-state index is 13.4. The molecular formula is C17H16FN7O2. The summed E-state index contributed by atoms with van der Waals surface area (Å²) in [6.07, 6.45) is 3.37. The molecule has 1 atom stereocenters. The van der Waals surface area contributed by atoms with E-state index in [4.69, 9.17) is 11.6 Å². The van der Waals surface area contributed by atoms with E-state index >= 15 is 0 Å². The molecule has 3 aromatic rings. The molecule has 10 heteroatoms. The summed E-state index contributed by atoms with van der Waals surface area (Å²) in [6.45, 7) is 1.57. The van der Waals surface area contributed by atoms with E-state index in [1.54, 1.807) is 19.1 Å². The van der Waals surface area contributed by atoms with Gasteiger partial charge in [-0.05, 0) is 31.2 Å². The van der Waals surface area contributed by atoms with Gasteiger partial charge in [-0.2, -0.15) is 0 Å².